The van der Waals surface area contributed by atoms with E-state index in [9.17, 15) is 0 Å². The van der Waals surface area contributed by atoms with E-state index in [0.717, 1.165) is 11.3 Å². The Labute approximate surface area is 135 Å². The van der Waals surface area contributed by atoms with E-state index in [1.165, 1.54) is 37.7 Å². The minimum atomic E-state index is 0.240. The minimum absolute atomic E-state index is 0.240. The van der Waals surface area contributed by atoms with Crippen LogP contribution in [0, 0.1) is 0 Å². The van der Waals surface area contributed by atoms with Gasteiger partial charge in [-0.05, 0) is 56.3 Å². The van der Waals surface area contributed by atoms with Crippen LogP contribution in [0.1, 0.15) is 58.4 Å². The van der Waals surface area contributed by atoms with Gasteiger partial charge < -0.3 is 5.32 Å². The lowest BCUT2D eigenvalue weighted by atomic mass is 9.79. The Balaban J connectivity index is 1.83. The van der Waals surface area contributed by atoms with Crippen molar-refractivity contribution in [2.24, 2.45) is 0 Å². The van der Waals surface area contributed by atoms with Crippen LogP contribution in [0.3, 0.4) is 0 Å². The van der Waals surface area contributed by atoms with Crippen LogP contribution in [-0.2, 0) is 5.41 Å². The molecule has 1 aliphatic rings. The van der Waals surface area contributed by atoms with Crippen molar-refractivity contribution in [3.05, 3.63) is 35.9 Å². The Morgan fingerprint density at radius 2 is 1.76 bits per heavy atom. The van der Waals surface area contributed by atoms with Gasteiger partial charge in [-0.25, -0.2) is 0 Å². The molecule has 2 rings (SSSR count). The van der Waals surface area contributed by atoms with Crippen LogP contribution >= 0.6 is 11.8 Å². The minimum Gasteiger partial charge on any atom is -0.311 e. The number of hydrogen-bond acceptors (Lipinski definition) is 2. The Kier molecular flexibility index (Phi) is 6.19. The molecule has 1 unspecified atom stereocenters. The molecule has 0 bridgehead atoms. The molecule has 0 aliphatic heterocycles. The van der Waals surface area contributed by atoms with E-state index in [1.54, 1.807) is 0 Å². The normalized spacial score (nSPS) is 24.8. The number of rotatable bonds is 6. The van der Waals surface area contributed by atoms with Gasteiger partial charge in [0.2, 0.25) is 0 Å². The summed E-state index contributed by atoms with van der Waals surface area (Å²) in [5, 5.41) is 4.78. The summed E-state index contributed by atoms with van der Waals surface area (Å²) in [4.78, 5) is 0. The van der Waals surface area contributed by atoms with Gasteiger partial charge in [-0.15, -0.1) is 0 Å². The monoisotopic (exact) mass is 305 g/mol. The molecule has 21 heavy (non-hydrogen) atoms. The third kappa shape index (κ3) is 5.03. The highest BCUT2D eigenvalue weighted by atomic mass is 32.2. The number of thioether (sulfide) groups is 1. The fraction of sp³-hybridized carbons (Fsp3) is 0.684. The highest BCUT2D eigenvalue weighted by Crippen LogP contribution is 2.30. The van der Waals surface area contributed by atoms with Crippen LogP contribution in [0.15, 0.2) is 30.3 Å². The highest BCUT2D eigenvalue weighted by molar-refractivity contribution is 7.99. The molecule has 1 aromatic rings. The van der Waals surface area contributed by atoms with E-state index in [-0.39, 0.29) is 5.41 Å². The zero-order valence-corrected chi connectivity index (χ0v) is 14.9. The van der Waals surface area contributed by atoms with Crippen molar-refractivity contribution in [2.75, 3.05) is 6.26 Å². The maximum atomic E-state index is 3.88. The SMILES string of the molecule is CSC1CCC(NC(C)CC(C)(C)c2ccccc2)CC1. The van der Waals surface area contributed by atoms with Gasteiger partial charge in [-0.1, -0.05) is 44.2 Å². The molecule has 0 heterocycles. The van der Waals surface area contributed by atoms with E-state index < -0.39 is 0 Å². The molecule has 118 valence electrons. The van der Waals surface area contributed by atoms with E-state index in [1.807, 2.05) is 11.8 Å². The predicted octanol–water partition coefficient (Wildman–Crippen LogP) is 5.01. The first kappa shape index (κ1) is 16.9. The molecular weight excluding hydrogens is 274 g/mol. The molecule has 1 atom stereocenters. The van der Waals surface area contributed by atoms with Crippen LogP contribution in [0.4, 0.5) is 0 Å². The maximum absolute atomic E-state index is 3.88. The van der Waals surface area contributed by atoms with Gasteiger partial charge in [0.1, 0.15) is 0 Å². The maximum Gasteiger partial charge on any atom is 0.00703 e. The van der Waals surface area contributed by atoms with Gasteiger partial charge in [0.25, 0.3) is 0 Å². The summed E-state index contributed by atoms with van der Waals surface area (Å²) in [6.07, 6.45) is 8.91. The Morgan fingerprint density at radius 3 is 2.33 bits per heavy atom. The lowest BCUT2D eigenvalue weighted by Crippen LogP contribution is -2.42. The summed E-state index contributed by atoms with van der Waals surface area (Å²) in [5.41, 5.74) is 1.69. The van der Waals surface area contributed by atoms with Crippen molar-refractivity contribution < 1.29 is 0 Å². The molecule has 0 spiro atoms. The number of hydrogen-bond donors (Lipinski definition) is 1. The van der Waals surface area contributed by atoms with E-state index in [4.69, 9.17) is 0 Å². The molecule has 0 aromatic heterocycles. The van der Waals surface area contributed by atoms with E-state index in [0.29, 0.717) is 6.04 Å². The molecule has 2 heteroatoms. The average Bonchev–Trinajstić information content (AvgIpc) is 2.48. The lowest BCUT2D eigenvalue weighted by molar-refractivity contribution is 0.310. The topological polar surface area (TPSA) is 12.0 Å². The van der Waals surface area contributed by atoms with Gasteiger partial charge >= 0.3 is 0 Å². The van der Waals surface area contributed by atoms with Crippen LogP contribution in [0.5, 0.6) is 0 Å². The standard InChI is InChI=1S/C19H31NS/c1-15(20-17-10-12-18(21-4)13-11-17)14-19(2,3)16-8-6-5-7-9-16/h5-9,15,17-18,20H,10-14H2,1-4H3. The van der Waals surface area contributed by atoms with Crippen molar-refractivity contribution in [1.82, 2.24) is 5.32 Å². The van der Waals surface area contributed by atoms with Crippen LogP contribution in [0.2, 0.25) is 0 Å². The van der Waals surface area contributed by atoms with Crippen molar-refractivity contribution >= 4 is 11.8 Å². The first-order valence-electron chi connectivity index (χ1n) is 8.35. The summed E-state index contributed by atoms with van der Waals surface area (Å²) in [7, 11) is 0. The lowest BCUT2D eigenvalue weighted by Gasteiger charge is -2.34. The predicted molar refractivity (Wildman–Crippen MR) is 96.2 cm³/mol. The largest absolute Gasteiger partial charge is 0.311 e. The van der Waals surface area contributed by atoms with E-state index >= 15 is 0 Å². The highest BCUT2D eigenvalue weighted by Gasteiger charge is 2.26. The molecule has 0 amide bonds. The zero-order chi connectivity index (χ0) is 15.3. The summed E-state index contributed by atoms with van der Waals surface area (Å²) in [5.74, 6) is 0. The number of benzene rings is 1. The van der Waals surface area contributed by atoms with Gasteiger partial charge in [0.05, 0.1) is 0 Å². The summed E-state index contributed by atoms with van der Waals surface area (Å²) in [6.45, 7) is 7.08. The summed E-state index contributed by atoms with van der Waals surface area (Å²) >= 11 is 2.05. The third-order valence-corrected chi connectivity index (χ3v) is 6.04. The third-order valence-electron chi connectivity index (χ3n) is 4.90. The number of nitrogens with one attached hydrogen (secondary N) is 1. The van der Waals surface area contributed by atoms with Gasteiger partial charge in [-0.2, -0.15) is 11.8 Å². The molecule has 1 nitrogen and oxygen atoms in total. The van der Waals surface area contributed by atoms with E-state index in [2.05, 4.69) is 62.7 Å². The summed E-state index contributed by atoms with van der Waals surface area (Å²) in [6, 6.07) is 12.2. The summed E-state index contributed by atoms with van der Waals surface area (Å²) < 4.78 is 0. The van der Waals surface area contributed by atoms with Gasteiger partial charge in [0.15, 0.2) is 0 Å². The molecule has 1 saturated carbocycles. The van der Waals surface area contributed by atoms with Gasteiger partial charge in [0, 0.05) is 17.3 Å². The molecule has 1 aliphatic carbocycles. The van der Waals surface area contributed by atoms with Crippen LogP contribution in [0.25, 0.3) is 0 Å². The Morgan fingerprint density at radius 1 is 1.14 bits per heavy atom. The second-order valence-electron chi connectivity index (χ2n) is 7.23. The molecule has 0 radical (unpaired) electrons. The molecule has 1 aromatic carbocycles. The Hall–Kier alpha value is -0.470. The van der Waals surface area contributed by atoms with Crippen LogP contribution < -0.4 is 5.32 Å². The van der Waals surface area contributed by atoms with Crippen molar-refractivity contribution in [1.29, 1.82) is 0 Å². The van der Waals surface area contributed by atoms with Crippen molar-refractivity contribution in [3.63, 3.8) is 0 Å². The fourth-order valence-electron chi connectivity index (χ4n) is 3.70. The quantitative estimate of drug-likeness (QED) is 0.793. The molecule has 1 N–H and O–H groups in total. The van der Waals surface area contributed by atoms with Crippen molar-refractivity contribution in [2.45, 2.75) is 75.6 Å². The molecule has 0 saturated heterocycles. The van der Waals surface area contributed by atoms with Crippen LogP contribution in [-0.4, -0.2) is 23.6 Å². The molecular formula is C19H31NS. The van der Waals surface area contributed by atoms with Crippen molar-refractivity contribution in [3.8, 4) is 0 Å². The second-order valence-corrected chi connectivity index (χ2v) is 8.37. The average molecular weight is 306 g/mol. The molecule has 1 fully saturated rings. The fourth-order valence-corrected chi connectivity index (χ4v) is 4.44. The Bertz CT molecular complexity index is 407. The zero-order valence-electron chi connectivity index (χ0n) is 14.1. The first-order valence-corrected chi connectivity index (χ1v) is 9.64. The van der Waals surface area contributed by atoms with Gasteiger partial charge in [-0.3, -0.25) is 0 Å². The second kappa shape index (κ2) is 7.69. The smallest absolute Gasteiger partial charge is 0.00703 e. The first-order chi connectivity index (χ1) is 10.0.